The molecular formula is C24H22ClFN6O4. The van der Waals surface area contributed by atoms with Crippen LogP contribution in [-0.4, -0.2) is 42.3 Å². The fraction of sp³-hybridized carbons (Fsp3) is 0.208. The normalized spacial score (nSPS) is 11.9. The maximum absolute atomic E-state index is 15.0. The van der Waals surface area contributed by atoms with Crippen LogP contribution < -0.4 is 10.2 Å². The van der Waals surface area contributed by atoms with Crippen LogP contribution in [0.2, 0.25) is 5.02 Å². The third kappa shape index (κ3) is 4.17. The van der Waals surface area contributed by atoms with Gasteiger partial charge in [0.2, 0.25) is 0 Å². The highest BCUT2D eigenvalue weighted by Crippen LogP contribution is 2.45. The van der Waals surface area contributed by atoms with Crippen molar-refractivity contribution in [3.05, 3.63) is 63.9 Å². The van der Waals surface area contributed by atoms with Crippen LogP contribution in [-0.2, 0) is 0 Å². The Morgan fingerprint density at radius 1 is 1.11 bits per heavy atom. The van der Waals surface area contributed by atoms with Gasteiger partial charge in [-0.05, 0) is 61.6 Å². The molecule has 2 amide bonds. The Morgan fingerprint density at radius 3 is 2.47 bits per heavy atom. The average Bonchev–Trinajstić information content (AvgIpc) is 3.30. The summed E-state index contributed by atoms with van der Waals surface area (Å²) in [6, 6.07) is 4.21. The molecule has 0 aliphatic rings. The van der Waals surface area contributed by atoms with Crippen LogP contribution in [0.5, 0.6) is 0 Å². The van der Waals surface area contributed by atoms with Gasteiger partial charge in [0, 0.05) is 10.6 Å². The van der Waals surface area contributed by atoms with Gasteiger partial charge in [-0.25, -0.2) is 28.9 Å². The molecule has 36 heavy (non-hydrogen) atoms. The van der Waals surface area contributed by atoms with Gasteiger partial charge in [0.15, 0.2) is 11.5 Å². The minimum absolute atomic E-state index is 0.143. The van der Waals surface area contributed by atoms with Gasteiger partial charge in [-0.3, -0.25) is 0 Å². The van der Waals surface area contributed by atoms with Crippen molar-refractivity contribution in [1.82, 2.24) is 19.9 Å². The zero-order chi connectivity index (χ0) is 26.3. The zero-order valence-electron chi connectivity index (χ0n) is 19.7. The van der Waals surface area contributed by atoms with Crippen LogP contribution in [0.15, 0.2) is 30.9 Å². The van der Waals surface area contributed by atoms with E-state index in [9.17, 15) is 19.8 Å². The van der Waals surface area contributed by atoms with E-state index in [2.05, 4.69) is 25.3 Å². The molecule has 2 aromatic heterocycles. The van der Waals surface area contributed by atoms with Crippen molar-refractivity contribution in [1.29, 1.82) is 0 Å². The lowest BCUT2D eigenvalue weighted by atomic mass is 9.88. The first kappa shape index (κ1) is 24.9. The number of rotatable bonds is 5. The molecule has 2 aromatic carbocycles. The second-order valence-corrected chi connectivity index (χ2v) is 8.66. The summed E-state index contributed by atoms with van der Waals surface area (Å²) in [7, 11) is 0. The monoisotopic (exact) mass is 512 g/mol. The van der Waals surface area contributed by atoms with Gasteiger partial charge in [0.25, 0.3) is 0 Å². The molecule has 2 heterocycles. The molecule has 0 saturated carbocycles. The van der Waals surface area contributed by atoms with E-state index in [0.717, 1.165) is 0 Å². The first-order chi connectivity index (χ1) is 17.0. The third-order valence-electron chi connectivity index (χ3n) is 6.02. The van der Waals surface area contributed by atoms with Crippen LogP contribution in [0, 0.1) is 26.6 Å². The fourth-order valence-corrected chi connectivity index (χ4v) is 4.39. The first-order valence-electron chi connectivity index (χ1n) is 10.8. The Kier molecular flexibility index (Phi) is 6.51. The quantitative estimate of drug-likeness (QED) is 0.252. The van der Waals surface area contributed by atoms with Crippen molar-refractivity contribution in [2.45, 2.75) is 33.7 Å². The number of aromatic amines is 1. The summed E-state index contributed by atoms with van der Waals surface area (Å²) in [6.45, 7) is 6.44. The largest absolute Gasteiger partial charge is 0.464 e. The van der Waals surface area contributed by atoms with Gasteiger partial charge >= 0.3 is 12.2 Å². The Hall–Kier alpha value is -4.25. The molecule has 10 nitrogen and oxygen atoms in total. The van der Waals surface area contributed by atoms with Gasteiger partial charge in [-0.2, -0.15) is 4.90 Å². The summed E-state index contributed by atoms with van der Waals surface area (Å²) in [5.41, 5.74) is 2.63. The molecule has 0 spiro atoms. The topological polar surface area (TPSA) is 144 Å². The second kappa shape index (κ2) is 9.42. The summed E-state index contributed by atoms with van der Waals surface area (Å²) in [5.74, 6) is -0.0703. The van der Waals surface area contributed by atoms with Gasteiger partial charge in [-0.15, -0.1) is 0 Å². The second-order valence-electron chi connectivity index (χ2n) is 8.26. The minimum Gasteiger partial charge on any atom is -0.464 e. The maximum atomic E-state index is 15.0. The number of aryl methyl sites for hydroxylation is 1. The number of amides is 2. The van der Waals surface area contributed by atoms with Crippen LogP contribution in [0.3, 0.4) is 0 Å². The molecule has 186 valence electrons. The molecule has 0 bridgehead atoms. The summed E-state index contributed by atoms with van der Waals surface area (Å²) < 4.78 is 15.0. The van der Waals surface area contributed by atoms with E-state index in [4.69, 9.17) is 11.6 Å². The number of halogens is 2. The summed E-state index contributed by atoms with van der Waals surface area (Å²) in [5, 5.41) is 23.0. The average molecular weight is 513 g/mol. The van der Waals surface area contributed by atoms with Crippen molar-refractivity contribution in [2.24, 2.45) is 0 Å². The first-order valence-corrected chi connectivity index (χ1v) is 11.2. The number of fused-ring (bicyclic) bond motifs is 1. The van der Waals surface area contributed by atoms with E-state index < -0.39 is 24.0 Å². The number of carboxylic acid groups (broad SMARTS) is 2. The molecule has 1 atom stereocenters. The van der Waals surface area contributed by atoms with E-state index in [-0.39, 0.29) is 32.3 Å². The number of nitrogens with one attached hydrogen (secondary N) is 2. The fourth-order valence-electron chi connectivity index (χ4n) is 4.18. The van der Waals surface area contributed by atoms with E-state index >= 15 is 4.39 Å². The predicted molar refractivity (Wildman–Crippen MR) is 133 cm³/mol. The standard InChI is InChI=1S/C24H22ClFN6O4/c1-10-5-6-14(11(2)18(10)26)17-15(7-16(25)12(3)20(17)32(23(33)34)24(35)36)13(4)31-22-19-21(28-8-27-19)29-9-30-22/h5-9,13H,1-4H3,(H,33,34)(H,35,36)(H2,27,28,29,30,31). The summed E-state index contributed by atoms with van der Waals surface area (Å²) in [6.07, 6.45) is -0.637. The number of hydrogen-bond acceptors (Lipinski definition) is 6. The lowest BCUT2D eigenvalue weighted by Crippen LogP contribution is -2.35. The number of carbonyl (C=O) groups is 2. The van der Waals surface area contributed by atoms with E-state index in [1.807, 2.05) is 0 Å². The number of H-pyrrole nitrogens is 1. The highest BCUT2D eigenvalue weighted by atomic mass is 35.5. The number of anilines is 2. The smallest absolute Gasteiger partial charge is 0.421 e. The molecule has 0 fully saturated rings. The number of aromatic nitrogens is 4. The van der Waals surface area contributed by atoms with E-state index in [1.54, 1.807) is 39.0 Å². The van der Waals surface area contributed by atoms with Gasteiger partial charge < -0.3 is 20.5 Å². The number of imide groups is 1. The number of imidazole rings is 1. The van der Waals surface area contributed by atoms with Gasteiger partial charge in [0.05, 0.1) is 18.1 Å². The third-order valence-corrected chi connectivity index (χ3v) is 6.41. The van der Waals surface area contributed by atoms with Crippen molar-refractivity contribution >= 4 is 46.5 Å². The molecule has 4 aromatic rings. The van der Waals surface area contributed by atoms with Gasteiger partial charge in [-0.1, -0.05) is 23.7 Å². The molecule has 0 saturated heterocycles. The minimum atomic E-state index is -1.72. The number of nitrogens with zero attached hydrogens (tertiary/aromatic N) is 4. The van der Waals surface area contributed by atoms with E-state index in [0.29, 0.717) is 33.7 Å². The Bertz CT molecular complexity index is 1510. The van der Waals surface area contributed by atoms with Crippen molar-refractivity contribution < 1.29 is 24.2 Å². The van der Waals surface area contributed by atoms with Crippen LogP contribution >= 0.6 is 11.6 Å². The van der Waals surface area contributed by atoms with Crippen molar-refractivity contribution in [3.8, 4) is 11.1 Å². The Morgan fingerprint density at radius 2 is 1.81 bits per heavy atom. The Labute approximate surface area is 209 Å². The van der Waals surface area contributed by atoms with Crippen molar-refractivity contribution in [3.63, 3.8) is 0 Å². The van der Waals surface area contributed by atoms with Crippen LogP contribution in [0.4, 0.5) is 25.5 Å². The Balaban J connectivity index is 2.03. The lowest BCUT2D eigenvalue weighted by molar-refractivity contribution is 0.184. The summed E-state index contributed by atoms with van der Waals surface area (Å²) in [4.78, 5) is 39.7. The molecule has 12 heteroatoms. The lowest BCUT2D eigenvalue weighted by Gasteiger charge is -2.27. The molecule has 0 radical (unpaired) electrons. The highest BCUT2D eigenvalue weighted by Gasteiger charge is 2.32. The van der Waals surface area contributed by atoms with E-state index in [1.165, 1.54) is 19.6 Å². The maximum Gasteiger partial charge on any atom is 0.421 e. The molecule has 4 rings (SSSR count). The SMILES string of the molecule is Cc1ccc(-c2c(C(C)Nc3ncnc4nc[nH]c34)cc(Cl)c(C)c2N(C(=O)O)C(=O)O)c(C)c1F. The predicted octanol–water partition coefficient (Wildman–Crippen LogP) is 6.07. The van der Waals surface area contributed by atoms with Crippen LogP contribution in [0.25, 0.3) is 22.3 Å². The molecule has 0 aliphatic heterocycles. The highest BCUT2D eigenvalue weighted by molar-refractivity contribution is 6.32. The van der Waals surface area contributed by atoms with Crippen molar-refractivity contribution in [2.75, 3.05) is 10.2 Å². The molecule has 1 unspecified atom stereocenters. The van der Waals surface area contributed by atoms with Crippen LogP contribution in [0.1, 0.15) is 35.2 Å². The van der Waals surface area contributed by atoms with Gasteiger partial charge in [0.1, 0.15) is 17.7 Å². The molecule has 4 N–H and O–H groups in total. The number of benzene rings is 2. The zero-order valence-corrected chi connectivity index (χ0v) is 20.5. The number of hydrogen-bond donors (Lipinski definition) is 4. The summed E-state index contributed by atoms with van der Waals surface area (Å²) >= 11 is 6.50. The molecule has 0 aliphatic carbocycles. The molecular weight excluding hydrogens is 491 g/mol.